The average molecular weight is 441 g/mol. The summed E-state index contributed by atoms with van der Waals surface area (Å²) in [6, 6.07) is 5.70. The zero-order valence-electron chi connectivity index (χ0n) is 17.7. The summed E-state index contributed by atoms with van der Waals surface area (Å²) in [4.78, 5) is 12.3. The first-order valence-corrected chi connectivity index (χ1v) is 10.9. The van der Waals surface area contributed by atoms with E-state index in [-0.39, 0.29) is 6.04 Å². The van der Waals surface area contributed by atoms with Crippen LogP contribution < -0.4 is 5.32 Å². The van der Waals surface area contributed by atoms with E-state index in [9.17, 15) is 13.9 Å². The highest BCUT2D eigenvalue weighted by Crippen LogP contribution is 2.33. The molecule has 1 fully saturated rings. The monoisotopic (exact) mass is 441 g/mol. The molecule has 0 saturated heterocycles. The second-order valence-electron chi connectivity index (χ2n) is 8.52. The molecule has 3 aromatic heterocycles. The number of alkyl halides is 2. The predicted octanol–water partition coefficient (Wildman–Crippen LogP) is 4.13. The van der Waals surface area contributed by atoms with Gasteiger partial charge in [0.05, 0.1) is 11.1 Å². The minimum atomic E-state index is -2.50. The fourth-order valence-electron chi connectivity index (χ4n) is 4.45. The van der Waals surface area contributed by atoms with Gasteiger partial charge in [-0.05, 0) is 49.8 Å². The number of aromatic amines is 1. The molecule has 3 N–H and O–H groups in total. The topological polar surface area (TPSA) is 105 Å². The smallest absolute Gasteiger partial charge is 0.258 e. The van der Waals surface area contributed by atoms with Gasteiger partial charge in [0.2, 0.25) is 5.95 Å². The summed E-state index contributed by atoms with van der Waals surface area (Å²) >= 11 is 0. The third-order valence-electron chi connectivity index (χ3n) is 6.48. The fourth-order valence-corrected chi connectivity index (χ4v) is 4.45. The Morgan fingerprint density at radius 2 is 2.12 bits per heavy atom. The fraction of sp³-hybridized carbons (Fsp3) is 0.455. The number of aromatic nitrogens is 6. The van der Waals surface area contributed by atoms with Crippen LogP contribution in [0.25, 0.3) is 33.2 Å². The van der Waals surface area contributed by atoms with Crippen molar-refractivity contribution in [2.24, 2.45) is 0 Å². The summed E-state index contributed by atoms with van der Waals surface area (Å²) in [5, 5.41) is 22.4. The molecule has 4 aromatic rings. The Kier molecular flexibility index (Phi) is 5.24. The Balaban J connectivity index is 1.38. The van der Waals surface area contributed by atoms with Gasteiger partial charge in [-0.2, -0.15) is 4.98 Å². The van der Waals surface area contributed by atoms with Crippen LogP contribution in [0.1, 0.15) is 39.0 Å². The number of hydrogen-bond acceptors (Lipinski definition) is 6. The minimum absolute atomic E-state index is 0.235. The second kappa shape index (κ2) is 8.09. The molecular weight excluding hydrogens is 416 g/mol. The predicted molar refractivity (Wildman–Crippen MR) is 118 cm³/mol. The highest BCUT2D eigenvalue weighted by atomic mass is 19.3. The van der Waals surface area contributed by atoms with E-state index >= 15 is 0 Å². The van der Waals surface area contributed by atoms with Crippen molar-refractivity contribution in [3.8, 4) is 11.1 Å². The summed E-state index contributed by atoms with van der Waals surface area (Å²) < 4.78 is 26.9. The number of nitrogens with one attached hydrogen (secondary N) is 2. The van der Waals surface area contributed by atoms with Crippen LogP contribution in [0.15, 0.2) is 30.6 Å². The van der Waals surface area contributed by atoms with Crippen LogP contribution in [0.5, 0.6) is 0 Å². The number of hydrogen-bond donors (Lipinski definition) is 3. The molecule has 8 nitrogen and oxygen atoms in total. The number of fused-ring (bicyclic) bond motifs is 2. The van der Waals surface area contributed by atoms with E-state index in [0.29, 0.717) is 22.6 Å². The van der Waals surface area contributed by atoms with Gasteiger partial charge >= 0.3 is 0 Å². The molecule has 3 heterocycles. The Hall–Kier alpha value is -3.14. The standard InChI is InChI=1S/C22H25F2N7O/c1-2-22(32)7-5-14(6-8-22)27-21-26-11-16-15(10-25-20(16)28-21)13-3-4-17-18(9-13)31(30-29-17)12-19(23)24/h3-4,9-11,14,19,32H,2,5-8,12H2,1H3,(H2,25,26,27,28). The van der Waals surface area contributed by atoms with E-state index in [2.05, 4.69) is 30.6 Å². The lowest BCUT2D eigenvalue weighted by Crippen LogP contribution is -2.38. The maximum absolute atomic E-state index is 12.8. The maximum Gasteiger partial charge on any atom is 0.258 e. The van der Waals surface area contributed by atoms with Crippen molar-refractivity contribution in [1.82, 2.24) is 29.9 Å². The third-order valence-corrected chi connectivity index (χ3v) is 6.48. The van der Waals surface area contributed by atoms with Crippen molar-refractivity contribution in [2.75, 3.05) is 5.32 Å². The molecule has 0 aliphatic heterocycles. The van der Waals surface area contributed by atoms with Crippen molar-refractivity contribution in [3.05, 3.63) is 30.6 Å². The number of benzene rings is 1. The molecule has 1 aliphatic carbocycles. The molecular formula is C22H25F2N7O. The van der Waals surface area contributed by atoms with Crippen molar-refractivity contribution in [3.63, 3.8) is 0 Å². The minimum Gasteiger partial charge on any atom is -0.390 e. The zero-order valence-corrected chi connectivity index (χ0v) is 17.7. The first-order valence-electron chi connectivity index (χ1n) is 10.9. The number of nitrogens with zero attached hydrogens (tertiary/aromatic N) is 5. The van der Waals surface area contributed by atoms with Gasteiger partial charge in [-0.3, -0.25) is 0 Å². The summed E-state index contributed by atoms with van der Waals surface area (Å²) in [6.07, 6.45) is 5.18. The van der Waals surface area contributed by atoms with Crippen LogP contribution >= 0.6 is 0 Å². The lowest BCUT2D eigenvalue weighted by atomic mass is 9.80. The maximum atomic E-state index is 12.8. The van der Waals surface area contributed by atoms with Crippen molar-refractivity contribution >= 4 is 28.0 Å². The highest BCUT2D eigenvalue weighted by molar-refractivity contribution is 5.95. The molecule has 0 atom stereocenters. The molecule has 0 bridgehead atoms. The van der Waals surface area contributed by atoms with Gasteiger partial charge in [0.15, 0.2) is 0 Å². The Morgan fingerprint density at radius 3 is 2.88 bits per heavy atom. The van der Waals surface area contributed by atoms with Crippen molar-refractivity contribution in [2.45, 2.75) is 63.6 Å². The molecule has 1 saturated carbocycles. The van der Waals surface area contributed by atoms with Gasteiger partial charge in [0, 0.05) is 29.4 Å². The number of rotatable bonds is 6. The zero-order chi connectivity index (χ0) is 22.3. The molecule has 0 unspecified atom stereocenters. The van der Waals surface area contributed by atoms with Gasteiger partial charge < -0.3 is 15.4 Å². The molecule has 32 heavy (non-hydrogen) atoms. The molecule has 0 spiro atoms. The average Bonchev–Trinajstić information content (AvgIpc) is 3.38. The quantitative estimate of drug-likeness (QED) is 0.416. The van der Waals surface area contributed by atoms with Gasteiger partial charge in [0.25, 0.3) is 6.43 Å². The summed E-state index contributed by atoms with van der Waals surface area (Å²) in [7, 11) is 0. The largest absolute Gasteiger partial charge is 0.390 e. The van der Waals surface area contributed by atoms with Crippen LogP contribution in [-0.4, -0.2) is 53.1 Å². The molecule has 5 rings (SSSR count). The SMILES string of the molecule is CCC1(O)CCC(Nc2ncc3c(-c4ccc5nnn(CC(F)F)c5c4)c[nH]c3n2)CC1. The van der Waals surface area contributed by atoms with Gasteiger partial charge in [-0.25, -0.2) is 18.4 Å². The van der Waals surface area contributed by atoms with E-state index in [1.807, 2.05) is 25.3 Å². The lowest BCUT2D eigenvalue weighted by molar-refractivity contribution is -0.00198. The van der Waals surface area contributed by atoms with Gasteiger partial charge in [-0.15, -0.1) is 5.10 Å². The first-order chi connectivity index (χ1) is 15.4. The number of halogens is 2. The van der Waals surface area contributed by atoms with Crippen molar-refractivity contribution < 1.29 is 13.9 Å². The van der Waals surface area contributed by atoms with Crippen molar-refractivity contribution in [1.29, 1.82) is 0 Å². The van der Waals surface area contributed by atoms with Gasteiger partial charge in [0.1, 0.15) is 17.7 Å². The lowest BCUT2D eigenvalue weighted by Gasteiger charge is -2.35. The molecule has 0 radical (unpaired) electrons. The number of anilines is 1. The Labute approximate surface area is 183 Å². The first kappa shape index (κ1) is 20.7. The normalized spacial score (nSPS) is 21.6. The van der Waals surface area contributed by atoms with E-state index < -0.39 is 18.6 Å². The van der Waals surface area contributed by atoms with E-state index in [1.54, 1.807) is 12.3 Å². The van der Waals surface area contributed by atoms with Crippen LogP contribution in [0.3, 0.4) is 0 Å². The van der Waals surface area contributed by atoms with E-state index in [1.165, 1.54) is 4.68 Å². The van der Waals surface area contributed by atoms with Crippen LogP contribution in [-0.2, 0) is 6.54 Å². The molecule has 10 heteroatoms. The molecule has 1 aliphatic rings. The summed E-state index contributed by atoms with van der Waals surface area (Å²) in [5.41, 5.74) is 3.00. The van der Waals surface area contributed by atoms with E-state index in [4.69, 9.17) is 0 Å². The summed E-state index contributed by atoms with van der Waals surface area (Å²) in [6.45, 7) is 1.53. The summed E-state index contributed by atoms with van der Waals surface area (Å²) in [5.74, 6) is 0.549. The molecule has 168 valence electrons. The number of aliphatic hydroxyl groups is 1. The Bertz CT molecular complexity index is 1240. The Morgan fingerprint density at radius 1 is 1.31 bits per heavy atom. The van der Waals surface area contributed by atoms with Crippen LogP contribution in [0.4, 0.5) is 14.7 Å². The highest BCUT2D eigenvalue weighted by Gasteiger charge is 2.31. The second-order valence-corrected chi connectivity index (χ2v) is 8.52. The molecule has 0 amide bonds. The van der Waals surface area contributed by atoms with Gasteiger partial charge in [-0.1, -0.05) is 18.2 Å². The third kappa shape index (κ3) is 3.90. The number of H-pyrrole nitrogens is 1. The van der Waals surface area contributed by atoms with Crippen LogP contribution in [0, 0.1) is 0 Å². The van der Waals surface area contributed by atoms with E-state index in [0.717, 1.165) is 48.6 Å². The van der Waals surface area contributed by atoms with Crippen LogP contribution in [0.2, 0.25) is 0 Å². The molecule has 1 aromatic carbocycles.